The average molecular weight is 204 g/mol. The lowest BCUT2D eigenvalue weighted by Crippen LogP contribution is -2.53. The first-order chi connectivity index (χ1) is 3.71. The van der Waals surface area contributed by atoms with Gasteiger partial charge in [0.2, 0.25) is 0 Å². The lowest BCUT2D eigenvalue weighted by Gasteiger charge is -2.13. The summed E-state index contributed by atoms with van der Waals surface area (Å²) in [5.74, 6) is 0. The second kappa shape index (κ2) is 3.90. The van der Waals surface area contributed by atoms with Gasteiger partial charge in [0, 0.05) is 0 Å². The van der Waals surface area contributed by atoms with Crippen LogP contribution in [0.1, 0.15) is 0 Å². The van der Waals surface area contributed by atoms with Crippen LogP contribution >= 0.6 is 0 Å². The maximum atomic E-state index is 7.94. The Labute approximate surface area is 68.9 Å². The predicted octanol–water partition coefficient (Wildman–Crippen LogP) is -5.36. The maximum Gasteiger partial charge on any atom is 0.665 e. The zero-order valence-corrected chi connectivity index (χ0v) is 6.09. The normalized spacial score (nSPS) is 12.6. The first-order valence-corrected chi connectivity index (χ1v) is 5.25. The fourth-order valence-corrected chi connectivity index (χ4v) is 1.65. The molecule has 0 heterocycles. The van der Waals surface area contributed by atoms with Crippen LogP contribution in [-0.2, 0) is 4.12 Å². The lowest BCUT2D eigenvalue weighted by atomic mass is 15.6. The largest absolute Gasteiger partial charge is 0.665 e. The van der Waals surface area contributed by atoms with E-state index in [2.05, 4.69) is 4.12 Å². The summed E-state index contributed by atoms with van der Waals surface area (Å²) in [6.07, 6.45) is 0. The van der Waals surface area contributed by atoms with E-state index in [4.69, 9.17) is 28.8 Å². The van der Waals surface area contributed by atoms with Crippen LogP contribution in [0, 0.1) is 0 Å². The van der Waals surface area contributed by atoms with Gasteiger partial charge in [-0.3, -0.25) is 0 Å². The van der Waals surface area contributed by atoms with E-state index in [1.165, 1.54) is 0 Å². The molecule has 0 rings (SSSR count). The van der Waals surface area contributed by atoms with E-state index in [0.29, 0.717) is 0 Å². The monoisotopic (exact) mass is 204 g/mol. The number of hydrogen-bond donors (Lipinski definition) is 6. The Morgan fingerprint density at radius 3 is 0.900 bits per heavy atom. The summed E-state index contributed by atoms with van der Waals surface area (Å²) in [4.78, 5) is 47.6. The Morgan fingerprint density at radius 1 is 0.700 bits per heavy atom. The van der Waals surface area contributed by atoms with E-state index in [-0.39, 0.29) is 17.4 Å². The topological polar surface area (TPSA) is 131 Å². The fourth-order valence-electron chi connectivity index (χ4n) is 0.184. The highest BCUT2D eigenvalue weighted by atomic mass is 28.5. The number of rotatable bonds is 2. The van der Waals surface area contributed by atoms with Gasteiger partial charge in [0.15, 0.2) is 17.4 Å². The van der Waals surface area contributed by atoms with Crippen molar-refractivity contribution in [3.63, 3.8) is 0 Å². The molecule has 0 unspecified atom stereocenters. The first kappa shape index (κ1) is 13.3. The van der Waals surface area contributed by atoms with E-state index < -0.39 is 18.1 Å². The van der Waals surface area contributed by atoms with Crippen molar-refractivity contribution < 1.29 is 32.9 Å². The molecule has 0 aliphatic rings. The average Bonchev–Trinajstić information content (AvgIpc) is 1.14. The molecule has 0 aliphatic heterocycles. The highest BCUT2D eigenvalue weighted by Gasteiger charge is 2.45. The summed E-state index contributed by atoms with van der Waals surface area (Å²) in [5, 5.41) is 0. The lowest BCUT2D eigenvalue weighted by molar-refractivity contribution is 0.0406. The molecule has 0 aromatic rings. The van der Waals surface area contributed by atoms with Gasteiger partial charge in [-0.1, -0.05) is 0 Å². The minimum atomic E-state index is -4.98. The van der Waals surface area contributed by atoms with Gasteiger partial charge in [-0.2, -0.15) is 0 Å². The molecule has 0 aromatic carbocycles. The molecule has 10 heavy (non-hydrogen) atoms. The Kier molecular flexibility index (Phi) is 5.18. The van der Waals surface area contributed by atoms with Crippen molar-refractivity contribution in [3.05, 3.63) is 0 Å². The van der Waals surface area contributed by atoms with Gasteiger partial charge < -0.3 is 32.9 Å². The molecule has 7 nitrogen and oxygen atoms in total. The molecule has 6 N–H and O–H groups in total. The molecule has 0 spiro atoms. The third kappa shape index (κ3) is 11.5. The second-order valence-corrected chi connectivity index (χ2v) is 4.36. The van der Waals surface area contributed by atoms with Crippen LogP contribution in [0.25, 0.3) is 0 Å². The molecular formula is H9AlO7Si2. The SMILES string of the molecule is O[Si](O)(O)O[Si](O)(O)O.[AlH3]. The van der Waals surface area contributed by atoms with Crippen LogP contribution in [0.5, 0.6) is 0 Å². The molecule has 0 radical (unpaired) electrons. The summed E-state index contributed by atoms with van der Waals surface area (Å²) in [6, 6.07) is 0. The summed E-state index contributed by atoms with van der Waals surface area (Å²) >= 11 is 0. The molecule has 62 valence electrons. The van der Waals surface area contributed by atoms with Gasteiger partial charge in [0.05, 0.1) is 0 Å². The Bertz CT molecular complexity index is 76.8. The number of hydrogen-bond acceptors (Lipinski definition) is 7. The zero-order valence-electron chi connectivity index (χ0n) is 4.09. The Morgan fingerprint density at radius 2 is 0.900 bits per heavy atom. The molecule has 0 aliphatic carbocycles. The third-order valence-corrected chi connectivity index (χ3v) is 2.46. The van der Waals surface area contributed by atoms with Crippen LogP contribution in [-0.4, -0.2) is 64.2 Å². The predicted molar refractivity (Wildman–Crippen MR) is 35.8 cm³/mol. The van der Waals surface area contributed by atoms with Crippen molar-refractivity contribution in [2.24, 2.45) is 0 Å². The second-order valence-electron chi connectivity index (χ2n) is 1.25. The van der Waals surface area contributed by atoms with Crippen LogP contribution in [0.3, 0.4) is 0 Å². The van der Waals surface area contributed by atoms with Gasteiger partial charge in [-0.15, -0.1) is 0 Å². The third-order valence-electron chi connectivity index (χ3n) is 0.274. The van der Waals surface area contributed by atoms with Crippen LogP contribution in [0.15, 0.2) is 0 Å². The van der Waals surface area contributed by atoms with Crippen molar-refractivity contribution >= 4 is 35.5 Å². The smallest absolute Gasteiger partial charge is 0.368 e. The van der Waals surface area contributed by atoms with Crippen molar-refractivity contribution in [2.75, 3.05) is 0 Å². The minimum absolute atomic E-state index is 0. The zero-order chi connectivity index (χ0) is 7.71. The Hall–Kier alpha value is 0.686. The highest BCUT2D eigenvalue weighted by Crippen LogP contribution is 1.95. The van der Waals surface area contributed by atoms with E-state index in [1.807, 2.05) is 0 Å². The van der Waals surface area contributed by atoms with Crippen molar-refractivity contribution in [1.82, 2.24) is 0 Å². The van der Waals surface area contributed by atoms with Crippen LogP contribution in [0.2, 0.25) is 0 Å². The molecule has 0 fully saturated rings. The molecular weight excluding hydrogens is 195 g/mol. The van der Waals surface area contributed by atoms with Gasteiger partial charge >= 0.3 is 18.1 Å². The van der Waals surface area contributed by atoms with E-state index >= 15 is 0 Å². The molecule has 0 aromatic heterocycles. The highest BCUT2D eigenvalue weighted by molar-refractivity contribution is 6.63. The molecule has 0 bridgehead atoms. The fraction of sp³-hybridized carbons (Fsp3) is 0. The van der Waals surface area contributed by atoms with Gasteiger partial charge in [-0.25, -0.2) is 0 Å². The first-order valence-electron chi connectivity index (χ1n) is 1.75. The Balaban J connectivity index is 0. The standard InChI is InChI=1S/Al.H6O7Si2.3H/c;1-8(2,3)7-9(4,5)6;;;/h;1-6H;;;. The minimum Gasteiger partial charge on any atom is -0.368 e. The quantitative estimate of drug-likeness (QED) is 0.248. The van der Waals surface area contributed by atoms with Crippen LogP contribution in [0.4, 0.5) is 0 Å². The molecule has 0 atom stereocenters. The van der Waals surface area contributed by atoms with Gasteiger partial charge in [0.1, 0.15) is 0 Å². The van der Waals surface area contributed by atoms with Gasteiger partial charge in [0.25, 0.3) is 0 Å². The maximum absolute atomic E-state index is 7.94. The van der Waals surface area contributed by atoms with E-state index in [0.717, 1.165) is 0 Å². The van der Waals surface area contributed by atoms with Gasteiger partial charge in [-0.05, 0) is 0 Å². The molecule has 0 saturated heterocycles. The summed E-state index contributed by atoms with van der Waals surface area (Å²) in [5.41, 5.74) is 0. The van der Waals surface area contributed by atoms with E-state index in [9.17, 15) is 0 Å². The van der Waals surface area contributed by atoms with Crippen LogP contribution < -0.4 is 0 Å². The van der Waals surface area contributed by atoms with Crippen molar-refractivity contribution in [1.29, 1.82) is 0 Å². The molecule has 0 saturated carbocycles. The van der Waals surface area contributed by atoms with E-state index in [1.54, 1.807) is 0 Å². The summed E-state index contributed by atoms with van der Waals surface area (Å²) in [6.45, 7) is 0. The van der Waals surface area contributed by atoms with Crippen molar-refractivity contribution in [3.8, 4) is 0 Å². The molecule has 10 heteroatoms. The summed E-state index contributed by atoms with van der Waals surface area (Å²) < 4.78 is 3.24. The van der Waals surface area contributed by atoms with Crippen molar-refractivity contribution in [2.45, 2.75) is 0 Å². The summed E-state index contributed by atoms with van der Waals surface area (Å²) in [7, 11) is -9.96. The molecule has 0 amide bonds.